The van der Waals surface area contributed by atoms with Crippen LogP contribution in [-0.4, -0.2) is 34.9 Å². The van der Waals surface area contributed by atoms with Gasteiger partial charge in [-0.05, 0) is 38.5 Å². The third kappa shape index (κ3) is 34.2. The van der Waals surface area contributed by atoms with E-state index in [0.717, 1.165) is 38.5 Å². The Kier molecular flexibility index (Phi) is 37.4. The van der Waals surface area contributed by atoms with E-state index in [-0.39, 0.29) is 12.5 Å². The molecule has 46 heavy (non-hydrogen) atoms. The summed E-state index contributed by atoms with van der Waals surface area (Å²) in [6.45, 7) is 4.25. The fourth-order valence-electron chi connectivity index (χ4n) is 6.24. The first-order chi connectivity index (χ1) is 22.7. The molecule has 0 bridgehead atoms. The first-order valence-electron chi connectivity index (χ1n) is 20.6. The summed E-state index contributed by atoms with van der Waals surface area (Å²) in [7, 11) is 0. The fraction of sp³-hybridized carbons (Fsp3) is 0.881. The van der Waals surface area contributed by atoms with Crippen LogP contribution >= 0.6 is 0 Å². The number of unbranched alkanes of at least 4 members (excludes halogenated alkanes) is 28. The maximum absolute atomic E-state index is 12.3. The molecule has 0 spiro atoms. The van der Waals surface area contributed by atoms with Crippen LogP contribution in [0, 0.1) is 0 Å². The molecule has 0 aliphatic carbocycles. The molecular formula is C42H81NO3. The molecule has 0 saturated heterocycles. The zero-order valence-electron chi connectivity index (χ0n) is 31.1. The van der Waals surface area contributed by atoms with Crippen LogP contribution in [0.5, 0.6) is 0 Å². The van der Waals surface area contributed by atoms with Gasteiger partial charge in [0.1, 0.15) is 0 Å². The summed E-state index contributed by atoms with van der Waals surface area (Å²) >= 11 is 0. The van der Waals surface area contributed by atoms with Crippen LogP contribution in [0.1, 0.15) is 219 Å². The van der Waals surface area contributed by atoms with Crippen molar-refractivity contribution in [2.45, 2.75) is 231 Å². The zero-order chi connectivity index (χ0) is 33.6. The summed E-state index contributed by atoms with van der Waals surface area (Å²) in [5.74, 6) is -0.0754. The van der Waals surface area contributed by atoms with Crippen molar-refractivity contribution in [1.82, 2.24) is 5.32 Å². The van der Waals surface area contributed by atoms with Crippen LogP contribution in [0.4, 0.5) is 0 Å². The number of hydrogen-bond donors (Lipinski definition) is 3. The van der Waals surface area contributed by atoms with Crippen LogP contribution < -0.4 is 5.32 Å². The number of carbonyl (C=O) groups excluding carboxylic acids is 1. The Morgan fingerprint density at radius 2 is 0.870 bits per heavy atom. The van der Waals surface area contributed by atoms with E-state index in [9.17, 15) is 15.0 Å². The van der Waals surface area contributed by atoms with Gasteiger partial charge in [0.15, 0.2) is 0 Å². The maximum atomic E-state index is 12.3. The molecule has 0 heterocycles. The summed E-state index contributed by atoms with van der Waals surface area (Å²) in [5, 5.41) is 22.9. The highest BCUT2D eigenvalue weighted by Crippen LogP contribution is 2.16. The van der Waals surface area contributed by atoms with Gasteiger partial charge in [-0.25, -0.2) is 0 Å². The number of rotatable bonds is 37. The minimum atomic E-state index is -0.838. The maximum Gasteiger partial charge on any atom is 0.220 e. The predicted octanol–water partition coefficient (Wildman–Crippen LogP) is 12.5. The number of aliphatic hydroxyl groups excluding tert-OH is 2. The predicted molar refractivity (Wildman–Crippen MR) is 202 cm³/mol. The highest BCUT2D eigenvalue weighted by Gasteiger charge is 2.17. The molecule has 1 amide bonds. The van der Waals surface area contributed by atoms with E-state index in [2.05, 4.69) is 31.3 Å². The zero-order valence-corrected chi connectivity index (χ0v) is 31.1. The SMILES string of the molecule is CCC/C=C\CCCCCCCC(=O)NC(CO)C(O)/C=C/CCCCCCCCCCCCCCCCCCCCCCCC. The lowest BCUT2D eigenvalue weighted by molar-refractivity contribution is -0.123. The lowest BCUT2D eigenvalue weighted by Crippen LogP contribution is -2.45. The monoisotopic (exact) mass is 648 g/mol. The summed E-state index contributed by atoms with van der Waals surface area (Å²) < 4.78 is 0. The number of allylic oxidation sites excluding steroid dienone is 3. The average Bonchev–Trinajstić information content (AvgIpc) is 3.06. The first kappa shape index (κ1) is 44.9. The average molecular weight is 648 g/mol. The van der Waals surface area contributed by atoms with Gasteiger partial charge in [-0.1, -0.05) is 199 Å². The Morgan fingerprint density at radius 1 is 0.500 bits per heavy atom. The smallest absolute Gasteiger partial charge is 0.220 e. The molecule has 4 nitrogen and oxygen atoms in total. The molecule has 0 aromatic carbocycles. The topological polar surface area (TPSA) is 69.6 Å². The van der Waals surface area contributed by atoms with Gasteiger partial charge in [-0.2, -0.15) is 0 Å². The standard InChI is InChI=1S/C42H81NO3/c1-3-5-7-9-11-13-15-16-17-18-19-20-21-22-23-24-25-26-27-28-29-31-33-35-37-41(45)40(39-44)43-42(46)38-36-34-32-30-14-12-10-8-6-4-2/h8,10,35,37,40-41,44-45H,3-7,9,11-34,36,38-39H2,1-2H3,(H,43,46)/b10-8-,37-35+. The molecule has 4 heteroatoms. The van der Waals surface area contributed by atoms with E-state index in [4.69, 9.17) is 0 Å². The van der Waals surface area contributed by atoms with E-state index in [1.54, 1.807) is 6.08 Å². The Bertz CT molecular complexity index is 661. The molecule has 0 aliphatic rings. The Hall–Kier alpha value is -1.13. The molecular weight excluding hydrogens is 566 g/mol. The normalized spacial score (nSPS) is 13.2. The summed E-state index contributed by atoms with van der Waals surface area (Å²) in [4.78, 5) is 12.3. The van der Waals surface area contributed by atoms with Crippen molar-refractivity contribution < 1.29 is 15.0 Å². The van der Waals surface area contributed by atoms with Crippen LogP contribution in [0.15, 0.2) is 24.3 Å². The van der Waals surface area contributed by atoms with Gasteiger partial charge in [0.25, 0.3) is 0 Å². The summed E-state index contributed by atoms with van der Waals surface area (Å²) in [6.07, 6.45) is 48.6. The number of hydrogen-bond acceptors (Lipinski definition) is 3. The van der Waals surface area contributed by atoms with Gasteiger partial charge in [0, 0.05) is 6.42 Å². The second kappa shape index (κ2) is 38.3. The highest BCUT2D eigenvalue weighted by molar-refractivity contribution is 5.76. The second-order valence-corrected chi connectivity index (χ2v) is 14.1. The van der Waals surface area contributed by atoms with Crippen molar-refractivity contribution in [3.8, 4) is 0 Å². The molecule has 0 radical (unpaired) electrons. The van der Waals surface area contributed by atoms with Crippen molar-refractivity contribution in [2.75, 3.05) is 6.61 Å². The van der Waals surface area contributed by atoms with Crippen molar-refractivity contribution in [3.05, 3.63) is 24.3 Å². The van der Waals surface area contributed by atoms with Crippen molar-refractivity contribution in [1.29, 1.82) is 0 Å². The quantitative estimate of drug-likeness (QED) is 0.0464. The van der Waals surface area contributed by atoms with Gasteiger partial charge in [-0.3, -0.25) is 4.79 Å². The van der Waals surface area contributed by atoms with Crippen molar-refractivity contribution in [2.24, 2.45) is 0 Å². The molecule has 0 fully saturated rings. The van der Waals surface area contributed by atoms with Crippen LogP contribution in [0.2, 0.25) is 0 Å². The molecule has 0 saturated carbocycles. The van der Waals surface area contributed by atoms with Crippen molar-refractivity contribution >= 4 is 5.91 Å². The third-order valence-electron chi connectivity index (χ3n) is 9.41. The van der Waals surface area contributed by atoms with Crippen LogP contribution in [0.25, 0.3) is 0 Å². The summed E-state index contributed by atoms with van der Waals surface area (Å²) in [5.41, 5.74) is 0. The van der Waals surface area contributed by atoms with Gasteiger partial charge < -0.3 is 15.5 Å². The summed E-state index contributed by atoms with van der Waals surface area (Å²) in [6, 6.07) is -0.622. The Morgan fingerprint density at radius 3 is 1.28 bits per heavy atom. The number of carbonyl (C=O) groups is 1. The number of amides is 1. The van der Waals surface area contributed by atoms with Crippen LogP contribution in [0.3, 0.4) is 0 Å². The van der Waals surface area contributed by atoms with E-state index in [0.29, 0.717) is 6.42 Å². The molecule has 2 unspecified atom stereocenters. The van der Waals surface area contributed by atoms with Gasteiger partial charge >= 0.3 is 0 Å². The Labute approximate surface area is 288 Å². The first-order valence-corrected chi connectivity index (χ1v) is 20.6. The fourth-order valence-corrected chi connectivity index (χ4v) is 6.24. The van der Waals surface area contributed by atoms with E-state index in [1.807, 2.05) is 6.08 Å². The number of aliphatic hydroxyl groups is 2. The van der Waals surface area contributed by atoms with Gasteiger partial charge in [0.2, 0.25) is 5.91 Å². The molecule has 2 atom stereocenters. The molecule has 0 rings (SSSR count). The van der Waals surface area contributed by atoms with E-state index in [1.165, 1.54) is 161 Å². The van der Waals surface area contributed by atoms with Crippen molar-refractivity contribution in [3.63, 3.8) is 0 Å². The third-order valence-corrected chi connectivity index (χ3v) is 9.41. The molecule has 3 N–H and O–H groups in total. The van der Waals surface area contributed by atoms with Gasteiger partial charge in [0.05, 0.1) is 18.8 Å². The van der Waals surface area contributed by atoms with E-state index >= 15 is 0 Å². The molecule has 0 aromatic rings. The van der Waals surface area contributed by atoms with E-state index < -0.39 is 12.1 Å². The Balaban J connectivity index is 3.50. The highest BCUT2D eigenvalue weighted by atomic mass is 16.3. The number of nitrogens with one attached hydrogen (secondary N) is 1. The molecule has 0 aliphatic heterocycles. The lowest BCUT2D eigenvalue weighted by atomic mass is 10.0. The minimum absolute atomic E-state index is 0.0754. The van der Waals surface area contributed by atoms with Crippen LogP contribution in [-0.2, 0) is 4.79 Å². The second-order valence-electron chi connectivity index (χ2n) is 14.1. The lowest BCUT2D eigenvalue weighted by Gasteiger charge is -2.20. The minimum Gasteiger partial charge on any atom is -0.394 e. The largest absolute Gasteiger partial charge is 0.394 e. The molecule has 0 aromatic heterocycles. The molecule has 272 valence electrons. The van der Waals surface area contributed by atoms with Gasteiger partial charge in [-0.15, -0.1) is 0 Å².